The van der Waals surface area contributed by atoms with E-state index in [-0.39, 0.29) is 12.5 Å². The summed E-state index contributed by atoms with van der Waals surface area (Å²) in [4.78, 5) is 11.5. The highest BCUT2D eigenvalue weighted by atomic mass is 35.5. The van der Waals surface area contributed by atoms with Crippen LogP contribution in [0.3, 0.4) is 0 Å². The van der Waals surface area contributed by atoms with Crippen molar-refractivity contribution in [1.29, 1.82) is 0 Å². The molecule has 18 heavy (non-hydrogen) atoms. The van der Waals surface area contributed by atoms with Crippen molar-refractivity contribution in [3.05, 3.63) is 29.3 Å². The lowest BCUT2D eigenvalue weighted by Crippen LogP contribution is -2.18. The Morgan fingerprint density at radius 3 is 2.61 bits per heavy atom. The van der Waals surface area contributed by atoms with Crippen LogP contribution in [-0.2, 0) is 9.53 Å². The lowest BCUT2D eigenvalue weighted by atomic mass is 10.2. The zero-order valence-corrected chi connectivity index (χ0v) is 11.1. The van der Waals surface area contributed by atoms with Crippen molar-refractivity contribution in [2.45, 2.75) is 19.3 Å². The Morgan fingerprint density at radius 1 is 1.22 bits per heavy atom. The van der Waals surface area contributed by atoms with Crippen molar-refractivity contribution in [2.24, 2.45) is 5.73 Å². The van der Waals surface area contributed by atoms with Gasteiger partial charge in [-0.3, -0.25) is 4.79 Å². The van der Waals surface area contributed by atoms with Gasteiger partial charge in [0.2, 0.25) is 5.91 Å². The molecule has 5 heteroatoms. The van der Waals surface area contributed by atoms with Gasteiger partial charge in [-0.1, -0.05) is 11.6 Å². The number of benzene rings is 1. The van der Waals surface area contributed by atoms with Crippen LogP contribution in [-0.4, -0.2) is 25.7 Å². The molecule has 0 aliphatic carbocycles. The molecule has 0 spiro atoms. The van der Waals surface area contributed by atoms with Crippen molar-refractivity contribution < 1.29 is 9.53 Å². The van der Waals surface area contributed by atoms with Crippen LogP contribution >= 0.6 is 11.6 Å². The van der Waals surface area contributed by atoms with E-state index < -0.39 is 0 Å². The predicted octanol–water partition coefficient (Wildman–Crippen LogP) is 2.42. The Kier molecular flexibility index (Phi) is 7.41. The van der Waals surface area contributed by atoms with E-state index in [1.54, 1.807) is 24.3 Å². The van der Waals surface area contributed by atoms with E-state index in [0.29, 0.717) is 18.2 Å². The zero-order valence-electron chi connectivity index (χ0n) is 10.3. The number of carbonyl (C=O) groups excluding carboxylic acids is 1. The van der Waals surface area contributed by atoms with E-state index in [4.69, 9.17) is 22.1 Å². The number of amides is 1. The number of halogens is 1. The van der Waals surface area contributed by atoms with Gasteiger partial charge >= 0.3 is 0 Å². The maximum Gasteiger partial charge on any atom is 0.250 e. The van der Waals surface area contributed by atoms with E-state index in [1.807, 2.05) is 0 Å². The molecule has 0 fully saturated rings. The summed E-state index contributed by atoms with van der Waals surface area (Å²) in [6.45, 7) is 1.37. The van der Waals surface area contributed by atoms with Gasteiger partial charge in [-0.2, -0.15) is 0 Å². The smallest absolute Gasteiger partial charge is 0.250 e. The third-order valence-corrected chi connectivity index (χ3v) is 2.61. The van der Waals surface area contributed by atoms with Crippen molar-refractivity contribution in [3.63, 3.8) is 0 Å². The molecule has 0 atom stereocenters. The van der Waals surface area contributed by atoms with Crippen LogP contribution in [0.2, 0.25) is 5.02 Å². The van der Waals surface area contributed by atoms with Crippen LogP contribution in [0.15, 0.2) is 24.3 Å². The van der Waals surface area contributed by atoms with Crippen LogP contribution in [0.1, 0.15) is 19.3 Å². The third-order valence-electron chi connectivity index (χ3n) is 2.35. The maximum absolute atomic E-state index is 11.5. The van der Waals surface area contributed by atoms with Crippen LogP contribution < -0.4 is 11.1 Å². The first-order valence-electron chi connectivity index (χ1n) is 6.05. The molecule has 4 nitrogen and oxygen atoms in total. The number of hydrogen-bond donors (Lipinski definition) is 2. The van der Waals surface area contributed by atoms with Crippen molar-refractivity contribution >= 4 is 23.2 Å². The fourth-order valence-electron chi connectivity index (χ4n) is 1.42. The summed E-state index contributed by atoms with van der Waals surface area (Å²) in [5.74, 6) is -0.156. The summed E-state index contributed by atoms with van der Waals surface area (Å²) in [6.07, 6.45) is 2.97. The van der Waals surface area contributed by atoms with Crippen LogP contribution in [0.5, 0.6) is 0 Å². The normalized spacial score (nSPS) is 10.3. The summed E-state index contributed by atoms with van der Waals surface area (Å²) in [7, 11) is 0. The molecule has 0 aliphatic rings. The molecule has 0 unspecified atom stereocenters. The number of ether oxygens (including phenoxy) is 1. The summed E-state index contributed by atoms with van der Waals surface area (Å²) in [5.41, 5.74) is 6.09. The van der Waals surface area contributed by atoms with Crippen LogP contribution in [0.25, 0.3) is 0 Å². The fraction of sp³-hybridized carbons (Fsp3) is 0.462. The lowest BCUT2D eigenvalue weighted by Gasteiger charge is -2.06. The number of unbranched alkanes of at least 4 members (excludes halogenated alkanes) is 2. The Balaban J connectivity index is 2.12. The second-order valence-corrected chi connectivity index (χ2v) is 4.39. The largest absolute Gasteiger partial charge is 0.372 e. The Hall–Kier alpha value is -1.10. The summed E-state index contributed by atoms with van der Waals surface area (Å²) < 4.78 is 5.26. The first-order chi connectivity index (χ1) is 8.72. The molecule has 0 saturated heterocycles. The number of carbonyl (C=O) groups is 1. The molecule has 0 bridgehead atoms. The number of nitrogens with two attached hydrogens (primary N) is 1. The highest BCUT2D eigenvalue weighted by Crippen LogP contribution is 2.13. The average molecular weight is 271 g/mol. The Morgan fingerprint density at radius 2 is 1.94 bits per heavy atom. The van der Waals surface area contributed by atoms with E-state index >= 15 is 0 Å². The Bertz CT molecular complexity index is 355. The second kappa shape index (κ2) is 8.91. The number of rotatable bonds is 8. The molecule has 1 rings (SSSR count). The van der Waals surface area contributed by atoms with Crippen molar-refractivity contribution in [2.75, 3.05) is 25.1 Å². The van der Waals surface area contributed by atoms with Gasteiger partial charge in [0, 0.05) is 17.3 Å². The topological polar surface area (TPSA) is 64.3 Å². The lowest BCUT2D eigenvalue weighted by molar-refractivity contribution is -0.120. The zero-order chi connectivity index (χ0) is 13.2. The monoisotopic (exact) mass is 270 g/mol. The molecule has 0 aromatic heterocycles. The molecule has 0 radical (unpaired) electrons. The molecule has 1 aromatic rings. The minimum atomic E-state index is -0.156. The highest BCUT2D eigenvalue weighted by molar-refractivity contribution is 6.30. The minimum absolute atomic E-state index is 0.0747. The number of hydrogen-bond acceptors (Lipinski definition) is 3. The van der Waals surface area contributed by atoms with Crippen LogP contribution in [0.4, 0.5) is 5.69 Å². The molecule has 0 aliphatic heterocycles. The van der Waals surface area contributed by atoms with Gasteiger partial charge in [0.1, 0.15) is 6.61 Å². The molecule has 0 saturated carbocycles. The van der Waals surface area contributed by atoms with Gasteiger partial charge in [0.25, 0.3) is 0 Å². The van der Waals surface area contributed by atoms with Gasteiger partial charge in [0.05, 0.1) is 0 Å². The van der Waals surface area contributed by atoms with E-state index in [1.165, 1.54) is 0 Å². The van der Waals surface area contributed by atoms with Gasteiger partial charge < -0.3 is 15.8 Å². The number of anilines is 1. The van der Waals surface area contributed by atoms with Gasteiger partial charge in [0.15, 0.2) is 0 Å². The molecule has 100 valence electrons. The molecule has 3 N–H and O–H groups in total. The van der Waals surface area contributed by atoms with E-state index in [0.717, 1.165) is 24.9 Å². The molecular weight excluding hydrogens is 252 g/mol. The SMILES string of the molecule is NCCCCCOCC(=O)Nc1ccc(Cl)cc1. The quantitative estimate of drug-likeness (QED) is 0.713. The molecule has 1 amide bonds. The molecular formula is C13H19ClN2O2. The fourth-order valence-corrected chi connectivity index (χ4v) is 1.55. The molecule has 0 heterocycles. The van der Waals surface area contributed by atoms with Crippen LogP contribution in [0, 0.1) is 0 Å². The van der Waals surface area contributed by atoms with Crippen molar-refractivity contribution in [3.8, 4) is 0 Å². The summed E-state index contributed by atoms with van der Waals surface area (Å²) in [5, 5.41) is 3.37. The maximum atomic E-state index is 11.5. The summed E-state index contributed by atoms with van der Waals surface area (Å²) >= 11 is 5.75. The first kappa shape index (κ1) is 15.0. The predicted molar refractivity (Wildman–Crippen MR) is 73.8 cm³/mol. The van der Waals surface area contributed by atoms with E-state index in [9.17, 15) is 4.79 Å². The highest BCUT2D eigenvalue weighted by Gasteiger charge is 2.02. The van der Waals surface area contributed by atoms with E-state index in [2.05, 4.69) is 5.32 Å². The first-order valence-corrected chi connectivity index (χ1v) is 6.43. The van der Waals surface area contributed by atoms with Gasteiger partial charge in [-0.15, -0.1) is 0 Å². The Labute approximate surface area is 112 Å². The standard InChI is InChI=1S/C13H19ClN2O2/c14-11-4-6-12(7-5-11)16-13(17)10-18-9-3-1-2-8-15/h4-7H,1-3,8-10,15H2,(H,16,17). The average Bonchev–Trinajstić information content (AvgIpc) is 2.36. The number of nitrogens with one attached hydrogen (secondary N) is 1. The summed E-state index contributed by atoms with van der Waals surface area (Å²) in [6, 6.07) is 6.96. The third kappa shape index (κ3) is 6.59. The minimum Gasteiger partial charge on any atom is -0.372 e. The van der Waals surface area contributed by atoms with Gasteiger partial charge in [-0.05, 0) is 50.1 Å². The van der Waals surface area contributed by atoms with Crippen molar-refractivity contribution in [1.82, 2.24) is 0 Å². The molecule has 1 aromatic carbocycles. The van der Waals surface area contributed by atoms with Gasteiger partial charge in [-0.25, -0.2) is 0 Å². The second-order valence-electron chi connectivity index (χ2n) is 3.96.